The Bertz CT molecular complexity index is 4100. The minimum Gasteiger partial charge on any atom is -0.310 e. The fourth-order valence-electron chi connectivity index (χ4n) is 12.1. The Labute approximate surface area is 458 Å². The van der Waals surface area contributed by atoms with Crippen LogP contribution in [0.2, 0.25) is 0 Å². The highest BCUT2D eigenvalue weighted by molar-refractivity contribution is 8.01. The molecule has 0 amide bonds. The lowest BCUT2D eigenvalue weighted by molar-refractivity contribution is 1.25. The highest BCUT2D eigenvalue weighted by atomic mass is 32.2. The second-order valence-corrected chi connectivity index (χ2v) is 22.1. The van der Waals surface area contributed by atoms with Gasteiger partial charge in [-0.05, 0) is 156 Å². The van der Waals surface area contributed by atoms with Gasteiger partial charge in [0, 0.05) is 53.7 Å². The molecule has 5 heteroatoms. The second kappa shape index (κ2) is 19.0. The molecule has 0 unspecified atom stereocenters. The number of fused-ring (bicyclic) bond motifs is 7. The number of para-hydroxylation sites is 4. The van der Waals surface area contributed by atoms with Crippen molar-refractivity contribution >= 4 is 113 Å². The van der Waals surface area contributed by atoms with E-state index in [1.54, 1.807) is 0 Å². The molecule has 0 bridgehead atoms. The summed E-state index contributed by atoms with van der Waals surface area (Å²) in [6, 6.07) is 105. The van der Waals surface area contributed by atoms with Crippen LogP contribution in [0.25, 0.3) is 65.7 Å². The molecule has 13 aromatic rings. The van der Waals surface area contributed by atoms with Gasteiger partial charge in [-0.1, -0.05) is 235 Å². The summed E-state index contributed by atoms with van der Waals surface area (Å²) in [7, 11) is 0. The Morgan fingerprint density at radius 1 is 0.260 bits per heavy atom. The maximum absolute atomic E-state index is 2.51. The Balaban J connectivity index is 0.920. The van der Waals surface area contributed by atoms with Crippen LogP contribution in [-0.2, 0) is 0 Å². The summed E-state index contributed by atoms with van der Waals surface area (Å²) in [6.45, 7) is 0.0427. The highest BCUT2D eigenvalue weighted by Gasteiger charge is 2.39. The van der Waals surface area contributed by atoms with E-state index in [0.717, 1.165) is 34.1 Å². The van der Waals surface area contributed by atoms with E-state index in [0.29, 0.717) is 0 Å². The topological polar surface area (TPSA) is 6.48 Å². The third-order valence-electron chi connectivity index (χ3n) is 15.5. The van der Waals surface area contributed by atoms with Gasteiger partial charge < -0.3 is 9.80 Å². The van der Waals surface area contributed by atoms with Gasteiger partial charge in [-0.15, -0.1) is 0 Å². The lowest BCUT2D eigenvalue weighted by Crippen LogP contribution is -2.58. The van der Waals surface area contributed by atoms with Crippen molar-refractivity contribution in [3.63, 3.8) is 0 Å². The molecular formula is C72H47BN2S2. The molecule has 0 N–H and O–H groups in total. The van der Waals surface area contributed by atoms with E-state index in [1.165, 1.54) is 102 Å². The van der Waals surface area contributed by atoms with Crippen molar-refractivity contribution in [1.29, 1.82) is 0 Å². The summed E-state index contributed by atoms with van der Waals surface area (Å²) in [5, 5.41) is 7.51. The summed E-state index contributed by atoms with van der Waals surface area (Å²) in [4.78, 5) is 9.92. The lowest BCUT2D eigenvalue weighted by Gasteiger charge is -2.35. The highest BCUT2D eigenvalue weighted by Crippen LogP contribution is 2.49. The van der Waals surface area contributed by atoms with Crippen molar-refractivity contribution in [2.75, 3.05) is 9.80 Å². The molecule has 2 aliphatic heterocycles. The number of hydrogen-bond acceptors (Lipinski definition) is 4. The largest absolute Gasteiger partial charge is 0.310 e. The van der Waals surface area contributed by atoms with Crippen molar-refractivity contribution in [1.82, 2.24) is 0 Å². The first-order chi connectivity index (χ1) is 38.2. The molecule has 0 radical (unpaired) electrons. The Morgan fingerprint density at radius 3 is 1.09 bits per heavy atom. The van der Waals surface area contributed by atoms with E-state index in [-0.39, 0.29) is 6.71 Å². The summed E-state index contributed by atoms with van der Waals surface area (Å²) in [5.41, 5.74) is 18.3. The first-order valence-corrected chi connectivity index (χ1v) is 28.0. The average molecular weight is 1020 g/mol. The van der Waals surface area contributed by atoms with Gasteiger partial charge >= 0.3 is 0 Å². The molecule has 0 saturated heterocycles. The normalized spacial score (nSPS) is 12.3. The Hall–Kier alpha value is -9.00. The van der Waals surface area contributed by atoms with Gasteiger partial charge in [0.15, 0.2) is 0 Å². The average Bonchev–Trinajstić information content (AvgIpc) is 3.50. The first-order valence-electron chi connectivity index (χ1n) is 26.3. The molecule has 2 heterocycles. The maximum Gasteiger partial charge on any atom is 0.247 e. The first kappa shape index (κ1) is 45.4. The van der Waals surface area contributed by atoms with Gasteiger partial charge in [0.25, 0.3) is 0 Å². The quantitative estimate of drug-likeness (QED) is 0.105. The molecule has 360 valence electrons. The van der Waals surface area contributed by atoms with E-state index >= 15 is 0 Å². The minimum atomic E-state index is 0.0427. The summed E-state index contributed by atoms with van der Waals surface area (Å²) in [6.07, 6.45) is 0. The van der Waals surface area contributed by atoms with E-state index in [4.69, 9.17) is 0 Å². The second-order valence-electron chi connectivity index (χ2n) is 19.9. The number of nitrogens with zero attached hydrogens (tertiary/aromatic N) is 2. The Kier molecular flexibility index (Phi) is 11.2. The maximum atomic E-state index is 2.51. The van der Waals surface area contributed by atoms with Crippen LogP contribution in [0, 0.1) is 0 Å². The molecule has 77 heavy (non-hydrogen) atoms. The number of hydrogen-bond donors (Lipinski definition) is 0. The van der Waals surface area contributed by atoms with Crippen LogP contribution in [0.3, 0.4) is 0 Å². The van der Waals surface area contributed by atoms with Gasteiger partial charge in [-0.25, -0.2) is 0 Å². The van der Waals surface area contributed by atoms with Crippen LogP contribution in [0.1, 0.15) is 0 Å². The molecule has 2 nitrogen and oxygen atoms in total. The van der Waals surface area contributed by atoms with Crippen molar-refractivity contribution in [3.05, 3.63) is 285 Å². The van der Waals surface area contributed by atoms with Crippen molar-refractivity contribution in [2.45, 2.75) is 19.6 Å². The van der Waals surface area contributed by atoms with Crippen molar-refractivity contribution < 1.29 is 0 Å². The monoisotopic (exact) mass is 1010 g/mol. The molecule has 15 rings (SSSR count). The van der Waals surface area contributed by atoms with Crippen LogP contribution in [0.4, 0.5) is 34.1 Å². The van der Waals surface area contributed by atoms with Gasteiger partial charge in [0.05, 0.1) is 0 Å². The van der Waals surface area contributed by atoms with Crippen LogP contribution in [0.15, 0.2) is 305 Å². The fourth-order valence-corrected chi connectivity index (χ4v) is 14.7. The van der Waals surface area contributed by atoms with E-state index in [1.807, 2.05) is 23.5 Å². The van der Waals surface area contributed by atoms with Gasteiger partial charge in [0.1, 0.15) is 0 Å². The summed E-state index contributed by atoms with van der Waals surface area (Å²) >= 11 is 3.84. The molecule has 0 aromatic heterocycles. The molecule has 0 atom stereocenters. The third kappa shape index (κ3) is 7.84. The van der Waals surface area contributed by atoms with Crippen LogP contribution >= 0.6 is 23.5 Å². The third-order valence-corrected chi connectivity index (χ3v) is 17.8. The van der Waals surface area contributed by atoms with Crippen LogP contribution < -0.4 is 26.2 Å². The van der Waals surface area contributed by atoms with Crippen molar-refractivity contribution in [2.24, 2.45) is 0 Å². The smallest absolute Gasteiger partial charge is 0.247 e. The molecule has 13 aromatic carbocycles. The Morgan fingerprint density at radius 2 is 0.636 bits per heavy atom. The number of anilines is 6. The van der Waals surface area contributed by atoms with Gasteiger partial charge in [-0.2, -0.15) is 0 Å². The van der Waals surface area contributed by atoms with E-state index < -0.39 is 0 Å². The number of rotatable bonds is 9. The molecule has 0 spiro atoms. The molecule has 0 aliphatic carbocycles. The molecular weight excluding hydrogens is 968 g/mol. The summed E-state index contributed by atoms with van der Waals surface area (Å²) in [5.74, 6) is 0. The zero-order chi connectivity index (χ0) is 50.8. The molecule has 0 fully saturated rings. The molecule has 2 aliphatic rings. The standard InChI is InChI=1S/C72H47BN2S2/c1-5-22-52(23-6-1)74(53-24-7-2-8-25-53)56-40-42-64-66(46-56)76-68-44-51(45-69-72(68)73(64)65-43-41-57(47-67(65)77-69)75(54-26-9-3-10-27-54)55-28-11-4-12-29-55)71-62-33-17-15-31-60(62)70(61-32-16-18-34-63(61)71)50-38-36-49(37-39-50)59-35-19-21-48-20-13-14-30-58(48)59/h1-47H. The van der Waals surface area contributed by atoms with E-state index in [9.17, 15) is 0 Å². The van der Waals surface area contributed by atoms with E-state index in [2.05, 4.69) is 295 Å². The fraction of sp³-hybridized carbons (Fsp3) is 0. The predicted octanol–water partition coefficient (Wildman–Crippen LogP) is 18.5. The number of benzene rings is 13. The van der Waals surface area contributed by atoms with Gasteiger partial charge in [0.2, 0.25) is 6.71 Å². The minimum absolute atomic E-state index is 0.0427. The van der Waals surface area contributed by atoms with Crippen molar-refractivity contribution in [3.8, 4) is 33.4 Å². The lowest BCUT2D eigenvalue weighted by atomic mass is 9.36. The predicted molar refractivity (Wildman–Crippen MR) is 330 cm³/mol. The van der Waals surface area contributed by atoms with Crippen LogP contribution in [0.5, 0.6) is 0 Å². The SMILES string of the molecule is c1ccc(N(c2ccccc2)c2ccc3c(c2)Sc2cc(-c4c5ccccc5c(-c5ccc(-c6cccc7ccccc67)cc5)c5ccccc45)cc4c2B3c2ccc(N(c3ccccc3)c3ccccc3)cc2S4)cc1. The zero-order valence-corrected chi connectivity index (χ0v) is 43.6. The zero-order valence-electron chi connectivity index (χ0n) is 41.9. The van der Waals surface area contributed by atoms with Crippen LogP contribution in [-0.4, -0.2) is 6.71 Å². The summed E-state index contributed by atoms with van der Waals surface area (Å²) < 4.78 is 0. The van der Waals surface area contributed by atoms with Gasteiger partial charge in [-0.3, -0.25) is 0 Å². The molecule has 0 saturated carbocycles.